The summed E-state index contributed by atoms with van der Waals surface area (Å²) < 4.78 is 20.8. The topological polar surface area (TPSA) is 35.5 Å². The van der Waals surface area contributed by atoms with E-state index in [1.54, 1.807) is 0 Å². The van der Waals surface area contributed by atoms with Crippen LogP contribution in [-0.2, 0) is 19.7 Å². The van der Waals surface area contributed by atoms with Crippen molar-refractivity contribution in [2.24, 2.45) is 5.92 Å². The summed E-state index contributed by atoms with van der Waals surface area (Å²) in [6.07, 6.45) is 0.974. The molecule has 0 fully saturated rings. The van der Waals surface area contributed by atoms with E-state index in [0.717, 1.165) is 6.42 Å². The molecule has 0 spiro atoms. The summed E-state index contributed by atoms with van der Waals surface area (Å²) in [4.78, 5) is 0. The Morgan fingerprint density at radius 2 is 1.92 bits per heavy atom. The van der Waals surface area contributed by atoms with Crippen LogP contribution in [-0.4, -0.2) is 16.9 Å². The monoisotopic (exact) mass is 194 g/mol. The summed E-state index contributed by atoms with van der Waals surface area (Å²) >= 11 is -1.57. The van der Waals surface area contributed by atoms with Gasteiger partial charge < -0.3 is 0 Å². The molecule has 0 amide bonds. The molecule has 4 heteroatoms. The fourth-order valence-electron chi connectivity index (χ4n) is 0.474. The normalized spacial score (nSPS) is 16.4. The highest BCUT2D eigenvalue weighted by atomic mass is 32.2. The first-order chi connectivity index (χ1) is 5.56. The minimum atomic E-state index is -1.57. The molecule has 0 N–H and O–H groups in total. The van der Waals surface area contributed by atoms with Gasteiger partial charge >= 0.3 is 11.4 Å². The predicted molar refractivity (Wildman–Crippen MR) is 49.8 cm³/mol. The lowest BCUT2D eigenvalue weighted by molar-refractivity contribution is 0.191. The van der Waals surface area contributed by atoms with E-state index in [9.17, 15) is 4.21 Å². The molecule has 0 heterocycles. The van der Waals surface area contributed by atoms with E-state index in [1.807, 2.05) is 20.8 Å². The van der Waals surface area contributed by atoms with Gasteiger partial charge in [0.1, 0.15) is 0 Å². The molecular formula is C8H18O3S. The highest BCUT2D eigenvalue weighted by molar-refractivity contribution is 7.75. The van der Waals surface area contributed by atoms with Crippen molar-refractivity contribution in [3.8, 4) is 0 Å². The molecule has 0 aliphatic carbocycles. The number of hydrogen-bond acceptors (Lipinski definition) is 3. The number of rotatable bonds is 6. The van der Waals surface area contributed by atoms with Gasteiger partial charge in [-0.15, -0.1) is 0 Å². The highest BCUT2D eigenvalue weighted by Gasteiger charge is 2.06. The molecule has 74 valence electrons. The van der Waals surface area contributed by atoms with Gasteiger partial charge in [-0.3, -0.25) is 8.37 Å². The third-order valence-electron chi connectivity index (χ3n) is 1.42. The van der Waals surface area contributed by atoms with Gasteiger partial charge in [0, 0.05) is 0 Å². The van der Waals surface area contributed by atoms with E-state index in [1.165, 1.54) is 0 Å². The van der Waals surface area contributed by atoms with Crippen molar-refractivity contribution < 1.29 is 12.6 Å². The molecule has 0 aromatic rings. The van der Waals surface area contributed by atoms with Crippen molar-refractivity contribution in [3.05, 3.63) is 0 Å². The lowest BCUT2D eigenvalue weighted by atomic mass is 10.1. The third kappa shape index (κ3) is 6.76. The van der Waals surface area contributed by atoms with E-state index < -0.39 is 11.4 Å². The van der Waals surface area contributed by atoms with Crippen LogP contribution in [0.3, 0.4) is 0 Å². The Morgan fingerprint density at radius 1 is 1.33 bits per heavy atom. The summed E-state index contributed by atoms with van der Waals surface area (Å²) in [5.41, 5.74) is 0. The van der Waals surface area contributed by atoms with E-state index in [2.05, 4.69) is 6.92 Å². The van der Waals surface area contributed by atoms with Gasteiger partial charge in [0.2, 0.25) is 0 Å². The Bertz CT molecular complexity index is 136. The lowest BCUT2D eigenvalue weighted by Gasteiger charge is -2.09. The van der Waals surface area contributed by atoms with Crippen molar-refractivity contribution in [1.29, 1.82) is 0 Å². The van der Waals surface area contributed by atoms with Crippen LogP contribution in [0.1, 0.15) is 34.1 Å². The van der Waals surface area contributed by atoms with Crippen LogP contribution in [0.15, 0.2) is 0 Å². The first-order valence-corrected chi connectivity index (χ1v) is 5.28. The van der Waals surface area contributed by atoms with Crippen molar-refractivity contribution in [2.45, 2.75) is 40.2 Å². The van der Waals surface area contributed by atoms with Gasteiger partial charge in [-0.05, 0) is 19.8 Å². The Morgan fingerprint density at radius 3 is 2.33 bits per heavy atom. The van der Waals surface area contributed by atoms with Crippen molar-refractivity contribution in [3.63, 3.8) is 0 Å². The first-order valence-electron chi connectivity index (χ1n) is 4.28. The SMILES string of the molecule is CCC(C)COS(=O)OC(C)C. The zero-order chi connectivity index (χ0) is 9.56. The Labute approximate surface area is 77.3 Å². The van der Waals surface area contributed by atoms with Crippen molar-refractivity contribution in [2.75, 3.05) is 6.61 Å². The molecule has 2 unspecified atom stereocenters. The zero-order valence-corrected chi connectivity index (χ0v) is 9.02. The maximum absolute atomic E-state index is 10.9. The van der Waals surface area contributed by atoms with Crippen LogP contribution in [0.5, 0.6) is 0 Å². The molecule has 0 bridgehead atoms. The van der Waals surface area contributed by atoms with E-state index >= 15 is 0 Å². The molecule has 0 aliphatic rings. The fourth-order valence-corrected chi connectivity index (χ4v) is 1.19. The summed E-state index contributed by atoms with van der Waals surface area (Å²) in [7, 11) is 0. The fraction of sp³-hybridized carbons (Fsp3) is 1.00. The molecular weight excluding hydrogens is 176 g/mol. The van der Waals surface area contributed by atoms with E-state index in [0.29, 0.717) is 12.5 Å². The zero-order valence-electron chi connectivity index (χ0n) is 8.20. The van der Waals surface area contributed by atoms with Crippen molar-refractivity contribution >= 4 is 11.4 Å². The summed E-state index contributed by atoms with van der Waals surface area (Å²) in [6, 6.07) is 0. The summed E-state index contributed by atoms with van der Waals surface area (Å²) in [6.45, 7) is 8.26. The van der Waals surface area contributed by atoms with Crippen LogP contribution in [0.4, 0.5) is 0 Å². The van der Waals surface area contributed by atoms with Gasteiger partial charge in [0.15, 0.2) is 0 Å². The van der Waals surface area contributed by atoms with Gasteiger partial charge in [0.05, 0.1) is 12.7 Å². The van der Waals surface area contributed by atoms with Crippen molar-refractivity contribution in [1.82, 2.24) is 0 Å². The average Bonchev–Trinajstić information content (AvgIpc) is 1.99. The van der Waals surface area contributed by atoms with Crippen LogP contribution < -0.4 is 0 Å². The summed E-state index contributed by atoms with van der Waals surface area (Å²) in [5, 5.41) is 0. The Kier molecular flexibility index (Phi) is 6.61. The van der Waals surface area contributed by atoms with E-state index in [4.69, 9.17) is 8.37 Å². The predicted octanol–water partition coefficient (Wildman–Crippen LogP) is 2.05. The summed E-state index contributed by atoms with van der Waals surface area (Å²) in [5.74, 6) is 0.435. The maximum atomic E-state index is 10.9. The Balaban J connectivity index is 3.44. The van der Waals surface area contributed by atoms with Crippen LogP contribution in [0.2, 0.25) is 0 Å². The van der Waals surface area contributed by atoms with Gasteiger partial charge in [-0.25, -0.2) is 0 Å². The number of hydrogen-bond donors (Lipinski definition) is 0. The molecule has 0 radical (unpaired) electrons. The molecule has 12 heavy (non-hydrogen) atoms. The second kappa shape index (κ2) is 6.57. The van der Waals surface area contributed by atoms with Crippen LogP contribution in [0, 0.1) is 5.92 Å². The van der Waals surface area contributed by atoms with Crippen LogP contribution >= 0.6 is 0 Å². The molecule has 0 saturated heterocycles. The first kappa shape index (κ1) is 12.1. The minimum absolute atomic E-state index is 0.0530. The van der Waals surface area contributed by atoms with E-state index in [-0.39, 0.29) is 6.10 Å². The Hall–Kier alpha value is 0.0700. The van der Waals surface area contributed by atoms with Gasteiger partial charge in [0.25, 0.3) is 0 Å². The molecule has 3 nitrogen and oxygen atoms in total. The molecule has 0 rings (SSSR count). The average molecular weight is 194 g/mol. The van der Waals surface area contributed by atoms with Crippen LogP contribution in [0.25, 0.3) is 0 Å². The molecule has 0 saturated carbocycles. The lowest BCUT2D eigenvalue weighted by Crippen LogP contribution is -2.12. The van der Waals surface area contributed by atoms with Gasteiger partial charge in [-0.2, -0.15) is 4.21 Å². The largest absolute Gasteiger partial charge is 0.304 e. The van der Waals surface area contributed by atoms with Gasteiger partial charge in [-0.1, -0.05) is 20.3 Å². The molecule has 0 aromatic heterocycles. The highest BCUT2D eigenvalue weighted by Crippen LogP contribution is 2.03. The third-order valence-corrected chi connectivity index (χ3v) is 2.29. The second-order valence-electron chi connectivity index (χ2n) is 3.15. The standard InChI is InChI=1S/C8H18O3S/c1-5-8(4)6-10-12(9)11-7(2)3/h7-8H,5-6H2,1-4H3. The molecule has 2 atom stereocenters. The molecule has 0 aliphatic heterocycles. The minimum Gasteiger partial charge on any atom is -0.268 e. The molecule has 0 aromatic carbocycles. The second-order valence-corrected chi connectivity index (χ2v) is 3.98. The quantitative estimate of drug-likeness (QED) is 0.649. The smallest absolute Gasteiger partial charge is 0.268 e. The maximum Gasteiger partial charge on any atom is 0.304 e.